The van der Waals surface area contributed by atoms with E-state index < -0.39 is 0 Å². The second kappa shape index (κ2) is 10.4. The van der Waals surface area contributed by atoms with Crippen LogP contribution in [0.3, 0.4) is 0 Å². The molecule has 0 aliphatic carbocycles. The van der Waals surface area contributed by atoms with Crippen molar-refractivity contribution in [1.29, 1.82) is 0 Å². The summed E-state index contributed by atoms with van der Waals surface area (Å²) in [6.45, 7) is 5.77. The van der Waals surface area contributed by atoms with Crippen molar-refractivity contribution in [3.05, 3.63) is 54.1 Å². The molecule has 0 radical (unpaired) electrons. The number of hydrazine groups is 1. The molecule has 33 heavy (non-hydrogen) atoms. The van der Waals surface area contributed by atoms with Crippen molar-refractivity contribution >= 4 is 11.8 Å². The third-order valence-corrected chi connectivity index (χ3v) is 6.70. The van der Waals surface area contributed by atoms with Gasteiger partial charge in [0, 0.05) is 25.7 Å². The van der Waals surface area contributed by atoms with E-state index in [1.54, 1.807) is 7.11 Å². The molecule has 2 aromatic rings. The molecule has 7 nitrogen and oxygen atoms in total. The van der Waals surface area contributed by atoms with E-state index in [-0.39, 0.29) is 29.8 Å². The molecule has 3 unspecified atom stereocenters. The first-order valence-electron chi connectivity index (χ1n) is 11.8. The van der Waals surface area contributed by atoms with Gasteiger partial charge in [-0.1, -0.05) is 50.2 Å². The van der Waals surface area contributed by atoms with Gasteiger partial charge in [-0.05, 0) is 47.6 Å². The van der Waals surface area contributed by atoms with Crippen molar-refractivity contribution in [2.45, 2.75) is 38.8 Å². The highest BCUT2D eigenvalue weighted by Crippen LogP contribution is 2.24. The van der Waals surface area contributed by atoms with E-state index in [0.29, 0.717) is 32.0 Å². The van der Waals surface area contributed by atoms with E-state index in [1.807, 2.05) is 29.2 Å². The summed E-state index contributed by atoms with van der Waals surface area (Å²) in [6, 6.07) is 16.3. The number of ether oxygens (including phenoxy) is 1. The Labute approximate surface area is 195 Å². The Kier molecular flexibility index (Phi) is 7.30. The van der Waals surface area contributed by atoms with Crippen molar-refractivity contribution in [3.8, 4) is 16.9 Å². The number of carbonyl (C=O) groups is 2. The summed E-state index contributed by atoms with van der Waals surface area (Å²) in [7, 11) is 1.66. The summed E-state index contributed by atoms with van der Waals surface area (Å²) in [6.07, 6.45) is 1.37. The molecule has 2 heterocycles. The van der Waals surface area contributed by atoms with Crippen LogP contribution in [0.2, 0.25) is 0 Å². The van der Waals surface area contributed by atoms with E-state index in [0.717, 1.165) is 28.9 Å². The number of hydrogen-bond donors (Lipinski definition) is 3. The fourth-order valence-corrected chi connectivity index (χ4v) is 4.56. The Morgan fingerprint density at radius 2 is 1.73 bits per heavy atom. The Morgan fingerprint density at radius 1 is 1.06 bits per heavy atom. The minimum Gasteiger partial charge on any atom is -0.497 e. The van der Waals surface area contributed by atoms with Gasteiger partial charge in [0.2, 0.25) is 11.8 Å². The Balaban J connectivity index is 1.41. The molecular weight excluding hydrogens is 416 g/mol. The monoisotopic (exact) mass is 450 g/mol. The number of nitrogens with zero attached hydrogens (tertiary/aromatic N) is 1. The molecule has 2 fully saturated rings. The van der Waals surface area contributed by atoms with Gasteiger partial charge in [0.15, 0.2) is 0 Å². The van der Waals surface area contributed by atoms with Crippen molar-refractivity contribution in [3.63, 3.8) is 0 Å². The number of carbonyl (C=O) groups excluding carboxylic acids is 2. The molecule has 0 saturated carbocycles. The molecule has 2 aliphatic heterocycles. The minimum atomic E-state index is -0.265. The topological polar surface area (TPSA) is 82.7 Å². The van der Waals surface area contributed by atoms with Gasteiger partial charge in [-0.3, -0.25) is 15.0 Å². The lowest BCUT2D eigenvalue weighted by molar-refractivity contribution is -0.134. The fraction of sp³-hybridized carbons (Fsp3) is 0.462. The number of benzene rings is 2. The standard InChI is InChI=1S/C26H34N4O3/c1-17(2)23-15-24(29-28-23)26(32)30-13-12-27-25(31)21(16-30)14-18-4-6-19(7-5-18)20-8-10-22(33-3)11-9-20/h4-11,17,21,23-24,28-29H,12-16H2,1-3H3,(H,27,31). The average molecular weight is 451 g/mol. The zero-order chi connectivity index (χ0) is 23.4. The maximum absolute atomic E-state index is 13.1. The van der Waals surface area contributed by atoms with E-state index in [2.05, 4.69) is 54.3 Å². The molecule has 4 rings (SSSR count). The third-order valence-electron chi connectivity index (χ3n) is 6.70. The van der Waals surface area contributed by atoms with Gasteiger partial charge in [0.05, 0.1) is 13.0 Å². The number of rotatable bonds is 6. The lowest BCUT2D eigenvalue weighted by atomic mass is 9.95. The first kappa shape index (κ1) is 23.3. The predicted molar refractivity (Wildman–Crippen MR) is 129 cm³/mol. The normalized spacial score (nSPS) is 23.3. The second-order valence-electron chi connectivity index (χ2n) is 9.33. The average Bonchev–Trinajstić information content (AvgIpc) is 3.26. The van der Waals surface area contributed by atoms with Gasteiger partial charge in [0.25, 0.3) is 0 Å². The highest BCUT2D eigenvalue weighted by molar-refractivity contribution is 5.85. The van der Waals surface area contributed by atoms with E-state index in [4.69, 9.17) is 4.74 Å². The Morgan fingerprint density at radius 3 is 2.33 bits per heavy atom. The largest absolute Gasteiger partial charge is 0.497 e. The second-order valence-corrected chi connectivity index (χ2v) is 9.33. The molecule has 0 aromatic heterocycles. The summed E-state index contributed by atoms with van der Waals surface area (Å²) in [5.41, 5.74) is 9.71. The molecule has 2 saturated heterocycles. The number of amides is 2. The molecule has 3 N–H and O–H groups in total. The summed E-state index contributed by atoms with van der Waals surface area (Å²) < 4.78 is 5.23. The molecule has 2 amide bonds. The first-order chi connectivity index (χ1) is 15.9. The van der Waals surface area contributed by atoms with Gasteiger partial charge >= 0.3 is 0 Å². The first-order valence-corrected chi connectivity index (χ1v) is 11.8. The molecular formula is C26H34N4O3. The van der Waals surface area contributed by atoms with Crippen LogP contribution in [0.15, 0.2) is 48.5 Å². The number of hydrogen-bond acceptors (Lipinski definition) is 5. The van der Waals surface area contributed by atoms with E-state index in [1.165, 1.54) is 0 Å². The van der Waals surface area contributed by atoms with Gasteiger partial charge in [-0.25, -0.2) is 5.43 Å². The Bertz CT molecular complexity index is 959. The van der Waals surface area contributed by atoms with E-state index in [9.17, 15) is 9.59 Å². The molecule has 7 heteroatoms. The zero-order valence-corrected chi connectivity index (χ0v) is 19.6. The van der Waals surface area contributed by atoms with Crippen LogP contribution in [-0.4, -0.2) is 55.5 Å². The molecule has 2 aliphatic rings. The van der Waals surface area contributed by atoms with Crippen molar-refractivity contribution in [1.82, 2.24) is 21.1 Å². The van der Waals surface area contributed by atoms with Gasteiger partial charge in [-0.15, -0.1) is 0 Å². The smallest absolute Gasteiger partial charge is 0.241 e. The van der Waals surface area contributed by atoms with Gasteiger partial charge in [-0.2, -0.15) is 0 Å². The van der Waals surface area contributed by atoms with Gasteiger partial charge < -0.3 is 15.0 Å². The minimum absolute atomic E-state index is 0.0158. The van der Waals surface area contributed by atoms with Crippen molar-refractivity contribution < 1.29 is 14.3 Å². The maximum Gasteiger partial charge on any atom is 0.241 e. The summed E-state index contributed by atoms with van der Waals surface area (Å²) in [4.78, 5) is 27.7. The zero-order valence-electron chi connectivity index (χ0n) is 19.6. The lowest BCUT2D eigenvalue weighted by Crippen LogP contribution is -2.47. The van der Waals surface area contributed by atoms with Crippen LogP contribution in [0.5, 0.6) is 5.75 Å². The Hall–Kier alpha value is -2.90. The van der Waals surface area contributed by atoms with Crippen LogP contribution in [0.25, 0.3) is 11.1 Å². The number of methoxy groups -OCH3 is 1. The van der Waals surface area contributed by atoms with Crippen LogP contribution in [0, 0.1) is 11.8 Å². The highest BCUT2D eigenvalue weighted by Gasteiger charge is 2.36. The van der Waals surface area contributed by atoms with Crippen LogP contribution in [-0.2, 0) is 16.0 Å². The predicted octanol–water partition coefficient (Wildman–Crippen LogP) is 2.37. The molecule has 2 aromatic carbocycles. The van der Waals surface area contributed by atoms with Crippen LogP contribution >= 0.6 is 0 Å². The van der Waals surface area contributed by atoms with Gasteiger partial charge in [0.1, 0.15) is 11.8 Å². The summed E-state index contributed by atoms with van der Waals surface area (Å²) in [5.74, 6) is 1.11. The maximum atomic E-state index is 13.1. The quantitative estimate of drug-likeness (QED) is 0.630. The van der Waals surface area contributed by atoms with Crippen molar-refractivity contribution in [2.75, 3.05) is 26.7 Å². The lowest BCUT2D eigenvalue weighted by Gasteiger charge is -2.26. The molecule has 0 bridgehead atoms. The van der Waals surface area contributed by atoms with Crippen LogP contribution in [0.4, 0.5) is 0 Å². The van der Waals surface area contributed by atoms with Crippen LogP contribution < -0.4 is 20.9 Å². The third kappa shape index (κ3) is 5.54. The fourth-order valence-electron chi connectivity index (χ4n) is 4.56. The van der Waals surface area contributed by atoms with E-state index >= 15 is 0 Å². The summed E-state index contributed by atoms with van der Waals surface area (Å²) >= 11 is 0. The highest BCUT2D eigenvalue weighted by atomic mass is 16.5. The van der Waals surface area contributed by atoms with Crippen LogP contribution in [0.1, 0.15) is 25.8 Å². The molecule has 176 valence electrons. The molecule has 0 spiro atoms. The number of nitrogens with one attached hydrogen (secondary N) is 3. The summed E-state index contributed by atoms with van der Waals surface area (Å²) in [5, 5.41) is 2.98. The van der Waals surface area contributed by atoms with Crippen molar-refractivity contribution in [2.24, 2.45) is 11.8 Å². The molecule has 3 atom stereocenters. The SMILES string of the molecule is COc1ccc(-c2ccc(CC3CN(C(=O)C4CC(C(C)C)NN4)CCNC3=O)cc2)cc1.